The van der Waals surface area contributed by atoms with Gasteiger partial charge in [-0.2, -0.15) is 0 Å². The van der Waals surface area contributed by atoms with E-state index in [2.05, 4.69) is 34.3 Å². The first kappa shape index (κ1) is 8.85. The fraction of sp³-hybridized carbons (Fsp3) is 0.875. The predicted molar refractivity (Wildman–Crippen MR) is 50.1 cm³/mol. The van der Waals surface area contributed by atoms with Crippen LogP contribution in [0.4, 0.5) is 0 Å². The molecule has 0 N–H and O–H groups in total. The van der Waals surface area contributed by atoms with Crippen LogP contribution in [0.15, 0.2) is 4.99 Å². The monoisotopic (exact) mass is 170 g/mol. The van der Waals surface area contributed by atoms with E-state index in [0.29, 0.717) is 5.92 Å². The number of piperidine rings is 1. The van der Waals surface area contributed by atoms with Gasteiger partial charge in [-0.15, -0.1) is 0 Å². The van der Waals surface area contributed by atoms with Crippen molar-refractivity contribution >= 4 is 17.4 Å². The lowest BCUT2D eigenvalue weighted by Crippen LogP contribution is -2.33. The van der Waals surface area contributed by atoms with Crippen LogP contribution in [0.25, 0.3) is 0 Å². The van der Waals surface area contributed by atoms with Gasteiger partial charge in [0.15, 0.2) is 0 Å². The average Bonchev–Trinajstić information content (AvgIpc) is 2.01. The molecule has 0 aromatic carbocycles. The Morgan fingerprint density at radius 1 is 1.73 bits per heavy atom. The molecule has 0 radical (unpaired) electrons. The molecule has 3 heteroatoms. The lowest BCUT2D eigenvalue weighted by Gasteiger charge is -2.28. The van der Waals surface area contributed by atoms with Crippen molar-refractivity contribution in [2.75, 3.05) is 26.7 Å². The minimum atomic E-state index is 0.712. The third kappa shape index (κ3) is 3.10. The molecule has 0 bridgehead atoms. The summed E-state index contributed by atoms with van der Waals surface area (Å²) in [7, 11) is 2.16. The molecule has 1 aliphatic heterocycles. The summed E-state index contributed by atoms with van der Waals surface area (Å²) >= 11 is 4.52. The SMILES string of the molecule is CN1CCCC(CN=C=S)C1. The van der Waals surface area contributed by atoms with E-state index in [9.17, 15) is 0 Å². The first-order chi connectivity index (χ1) is 5.33. The molecular formula is C8H14N2S. The highest BCUT2D eigenvalue weighted by Crippen LogP contribution is 2.14. The third-order valence-corrected chi connectivity index (χ3v) is 2.27. The Hall–Kier alpha value is -0.240. The third-order valence-electron chi connectivity index (χ3n) is 2.14. The number of isothiocyanates is 1. The number of rotatable bonds is 2. The van der Waals surface area contributed by atoms with Crippen molar-refractivity contribution < 1.29 is 0 Å². The second-order valence-electron chi connectivity index (χ2n) is 3.20. The van der Waals surface area contributed by atoms with Crippen LogP contribution in [0.1, 0.15) is 12.8 Å². The Kier molecular flexibility index (Phi) is 3.70. The standard InChI is InChI=1S/C8H14N2S/c1-10-4-2-3-8(6-10)5-9-7-11/h8H,2-6H2,1H3. The molecule has 0 aromatic heterocycles. The highest BCUT2D eigenvalue weighted by atomic mass is 32.1. The molecular weight excluding hydrogens is 156 g/mol. The quantitative estimate of drug-likeness (QED) is 0.460. The van der Waals surface area contributed by atoms with E-state index in [1.165, 1.54) is 25.9 Å². The normalized spacial score (nSPS) is 26.1. The molecule has 1 aliphatic rings. The summed E-state index contributed by atoms with van der Waals surface area (Å²) < 4.78 is 0. The van der Waals surface area contributed by atoms with Gasteiger partial charge in [0.05, 0.1) is 11.7 Å². The Bertz CT molecular complexity index is 163. The van der Waals surface area contributed by atoms with Crippen molar-refractivity contribution in [2.24, 2.45) is 10.9 Å². The van der Waals surface area contributed by atoms with Gasteiger partial charge in [0.1, 0.15) is 0 Å². The number of aliphatic imine (C=N–C) groups is 1. The van der Waals surface area contributed by atoms with E-state index in [1.807, 2.05) is 0 Å². The van der Waals surface area contributed by atoms with Crippen molar-refractivity contribution in [2.45, 2.75) is 12.8 Å². The van der Waals surface area contributed by atoms with Gasteiger partial charge in [0, 0.05) is 6.54 Å². The van der Waals surface area contributed by atoms with Gasteiger partial charge in [-0.25, -0.2) is 4.99 Å². The molecule has 0 aliphatic carbocycles. The van der Waals surface area contributed by atoms with E-state index < -0.39 is 0 Å². The van der Waals surface area contributed by atoms with Gasteiger partial charge in [0.25, 0.3) is 0 Å². The van der Waals surface area contributed by atoms with Crippen LogP contribution < -0.4 is 0 Å². The highest BCUT2D eigenvalue weighted by molar-refractivity contribution is 7.78. The maximum absolute atomic E-state index is 4.52. The van der Waals surface area contributed by atoms with Crippen molar-refractivity contribution in [3.05, 3.63) is 0 Å². The van der Waals surface area contributed by atoms with Gasteiger partial charge in [-0.3, -0.25) is 0 Å². The Balaban J connectivity index is 2.27. The number of likely N-dealkylation sites (tertiary alicyclic amines) is 1. The number of hydrogen-bond acceptors (Lipinski definition) is 3. The zero-order valence-corrected chi connectivity index (χ0v) is 7.73. The fourth-order valence-corrected chi connectivity index (χ4v) is 1.66. The van der Waals surface area contributed by atoms with E-state index in [0.717, 1.165) is 6.54 Å². The van der Waals surface area contributed by atoms with E-state index in [1.54, 1.807) is 0 Å². The summed E-state index contributed by atoms with van der Waals surface area (Å²) in [6, 6.07) is 0. The van der Waals surface area contributed by atoms with Gasteiger partial charge in [-0.1, -0.05) is 0 Å². The van der Waals surface area contributed by atoms with Gasteiger partial charge in [-0.05, 0) is 44.6 Å². The smallest absolute Gasteiger partial charge is 0.0585 e. The lowest BCUT2D eigenvalue weighted by atomic mass is 9.99. The van der Waals surface area contributed by atoms with Crippen LogP contribution in [0.3, 0.4) is 0 Å². The van der Waals surface area contributed by atoms with Crippen LogP contribution >= 0.6 is 12.2 Å². The molecule has 0 spiro atoms. The van der Waals surface area contributed by atoms with Crippen LogP contribution in [0.2, 0.25) is 0 Å². The van der Waals surface area contributed by atoms with Crippen LogP contribution in [-0.2, 0) is 0 Å². The molecule has 1 atom stereocenters. The summed E-state index contributed by atoms with van der Waals surface area (Å²) in [5, 5.41) is 2.42. The first-order valence-corrected chi connectivity index (χ1v) is 4.46. The highest BCUT2D eigenvalue weighted by Gasteiger charge is 2.15. The molecule has 0 amide bonds. The van der Waals surface area contributed by atoms with Crippen LogP contribution in [-0.4, -0.2) is 36.7 Å². The van der Waals surface area contributed by atoms with E-state index >= 15 is 0 Å². The largest absolute Gasteiger partial charge is 0.306 e. The van der Waals surface area contributed by atoms with Crippen molar-refractivity contribution in [3.8, 4) is 0 Å². The van der Waals surface area contributed by atoms with Crippen LogP contribution in [0, 0.1) is 5.92 Å². The number of thiocarbonyl (C=S) groups is 1. The molecule has 2 nitrogen and oxygen atoms in total. The minimum absolute atomic E-state index is 0.712. The van der Waals surface area contributed by atoms with Gasteiger partial charge >= 0.3 is 0 Å². The lowest BCUT2D eigenvalue weighted by molar-refractivity contribution is 0.215. The molecule has 1 heterocycles. The van der Waals surface area contributed by atoms with E-state index in [4.69, 9.17) is 0 Å². The summed E-state index contributed by atoms with van der Waals surface area (Å²) in [5.41, 5.74) is 0. The average molecular weight is 170 g/mol. The minimum Gasteiger partial charge on any atom is -0.306 e. The maximum atomic E-state index is 4.52. The zero-order chi connectivity index (χ0) is 8.10. The molecule has 0 aromatic rings. The molecule has 1 saturated heterocycles. The van der Waals surface area contributed by atoms with Gasteiger partial charge < -0.3 is 4.90 Å². The molecule has 62 valence electrons. The number of nitrogens with zero attached hydrogens (tertiary/aromatic N) is 2. The Labute approximate surface area is 73.3 Å². The fourth-order valence-electron chi connectivity index (χ4n) is 1.59. The summed E-state index contributed by atoms with van der Waals surface area (Å²) in [6.45, 7) is 3.27. The van der Waals surface area contributed by atoms with Crippen molar-refractivity contribution in [3.63, 3.8) is 0 Å². The number of hydrogen-bond donors (Lipinski definition) is 0. The predicted octanol–water partition coefficient (Wildman–Crippen LogP) is 1.43. The summed E-state index contributed by atoms with van der Waals surface area (Å²) in [5.74, 6) is 0.712. The maximum Gasteiger partial charge on any atom is 0.0585 e. The van der Waals surface area contributed by atoms with Crippen molar-refractivity contribution in [1.29, 1.82) is 0 Å². The summed E-state index contributed by atoms with van der Waals surface area (Å²) in [6.07, 6.45) is 2.60. The van der Waals surface area contributed by atoms with Crippen molar-refractivity contribution in [1.82, 2.24) is 4.90 Å². The molecule has 11 heavy (non-hydrogen) atoms. The Morgan fingerprint density at radius 2 is 2.55 bits per heavy atom. The van der Waals surface area contributed by atoms with Crippen LogP contribution in [0.5, 0.6) is 0 Å². The molecule has 0 saturated carbocycles. The molecule has 1 rings (SSSR count). The molecule has 1 fully saturated rings. The summed E-state index contributed by atoms with van der Waals surface area (Å²) in [4.78, 5) is 6.32. The molecule has 1 unspecified atom stereocenters. The topological polar surface area (TPSA) is 15.6 Å². The Morgan fingerprint density at radius 3 is 3.18 bits per heavy atom. The second-order valence-corrected chi connectivity index (χ2v) is 3.39. The zero-order valence-electron chi connectivity index (χ0n) is 6.92. The second kappa shape index (κ2) is 4.60. The van der Waals surface area contributed by atoms with Gasteiger partial charge in [0.2, 0.25) is 0 Å². The first-order valence-electron chi connectivity index (χ1n) is 4.05. The van der Waals surface area contributed by atoms with E-state index in [-0.39, 0.29) is 0 Å².